The smallest absolute Gasteiger partial charge is 0.328 e. The molecule has 0 aromatic heterocycles. The van der Waals surface area contributed by atoms with Gasteiger partial charge in [-0.1, -0.05) is 17.7 Å². The molecule has 6 nitrogen and oxygen atoms in total. The van der Waals surface area contributed by atoms with E-state index < -0.39 is 24.1 Å². The Morgan fingerprint density at radius 3 is 2.53 bits per heavy atom. The number of benzene rings is 1. The van der Waals surface area contributed by atoms with Crippen LogP contribution in [0.4, 0.5) is 10.5 Å². The monoisotopic (exact) mass is 286 g/mol. The summed E-state index contributed by atoms with van der Waals surface area (Å²) in [6.07, 6.45) is -1.20. The number of urea groups is 1. The van der Waals surface area contributed by atoms with Crippen LogP contribution in [0.3, 0.4) is 0 Å². The van der Waals surface area contributed by atoms with Gasteiger partial charge in [0.05, 0.1) is 6.10 Å². The standard InChI is InChI=1S/C12H15ClN2O4/c1-6-8(13)4-3-5-9(6)14-12(19)15-10(7(2)16)11(17)18/h3-5,7,10,16H,1-2H3,(H,17,18)(H2,14,15,19)/t7-,10+/m1/s1. The number of carboxylic acids is 1. The molecule has 0 saturated carbocycles. The number of amides is 2. The first-order valence-electron chi connectivity index (χ1n) is 5.56. The van der Waals surface area contributed by atoms with Crippen molar-refractivity contribution in [2.24, 2.45) is 0 Å². The third-order valence-electron chi connectivity index (χ3n) is 2.55. The van der Waals surface area contributed by atoms with Crippen LogP contribution in [0, 0.1) is 6.92 Å². The number of hydrogen-bond acceptors (Lipinski definition) is 3. The molecule has 2 atom stereocenters. The number of halogens is 1. The summed E-state index contributed by atoms with van der Waals surface area (Å²) in [4.78, 5) is 22.5. The van der Waals surface area contributed by atoms with Crippen LogP contribution >= 0.6 is 11.6 Å². The lowest BCUT2D eigenvalue weighted by atomic mass is 10.2. The molecule has 0 heterocycles. The van der Waals surface area contributed by atoms with Crippen LogP contribution in [0.25, 0.3) is 0 Å². The first-order chi connectivity index (χ1) is 8.82. The van der Waals surface area contributed by atoms with E-state index in [0.717, 1.165) is 0 Å². The summed E-state index contributed by atoms with van der Waals surface area (Å²) in [5.74, 6) is -1.31. The molecule has 0 unspecified atom stereocenters. The van der Waals surface area contributed by atoms with Crippen molar-refractivity contribution >= 4 is 29.3 Å². The minimum atomic E-state index is -1.38. The van der Waals surface area contributed by atoms with Crippen LogP contribution in [0.5, 0.6) is 0 Å². The molecular weight excluding hydrogens is 272 g/mol. The van der Waals surface area contributed by atoms with Crippen molar-refractivity contribution in [2.75, 3.05) is 5.32 Å². The van der Waals surface area contributed by atoms with Gasteiger partial charge in [0.2, 0.25) is 0 Å². The fourth-order valence-electron chi connectivity index (χ4n) is 1.43. The number of anilines is 1. The largest absolute Gasteiger partial charge is 0.480 e. The first kappa shape index (κ1) is 15.3. The SMILES string of the molecule is Cc1c(Cl)cccc1NC(=O)N[C@H](C(=O)O)[C@@H](C)O. The summed E-state index contributed by atoms with van der Waals surface area (Å²) < 4.78 is 0. The third kappa shape index (κ3) is 4.11. The predicted octanol–water partition coefficient (Wildman–Crippen LogP) is 1.60. The number of carboxylic acid groups (broad SMARTS) is 1. The summed E-state index contributed by atoms with van der Waals surface area (Å²) in [7, 11) is 0. The van der Waals surface area contributed by atoms with Crippen LogP contribution in [0.2, 0.25) is 5.02 Å². The van der Waals surface area contributed by atoms with Gasteiger partial charge < -0.3 is 20.8 Å². The zero-order chi connectivity index (χ0) is 14.6. The van der Waals surface area contributed by atoms with E-state index in [-0.39, 0.29) is 0 Å². The summed E-state index contributed by atoms with van der Waals surface area (Å²) in [6, 6.07) is 2.88. The summed E-state index contributed by atoms with van der Waals surface area (Å²) >= 11 is 5.90. The molecule has 0 bridgehead atoms. The summed E-state index contributed by atoms with van der Waals surface area (Å²) in [5, 5.41) is 23.2. The quantitative estimate of drug-likeness (QED) is 0.676. The third-order valence-corrected chi connectivity index (χ3v) is 2.96. The van der Waals surface area contributed by atoms with Crippen molar-refractivity contribution in [3.63, 3.8) is 0 Å². The van der Waals surface area contributed by atoms with E-state index in [1.807, 2.05) is 0 Å². The summed E-state index contributed by atoms with van der Waals surface area (Å²) in [5.41, 5.74) is 1.14. The minimum Gasteiger partial charge on any atom is -0.480 e. The highest BCUT2D eigenvalue weighted by atomic mass is 35.5. The normalized spacial score (nSPS) is 13.5. The second-order valence-corrected chi connectivity index (χ2v) is 4.47. The molecule has 0 radical (unpaired) electrons. The van der Waals surface area contributed by atoms with Gasteiger partial charge in [0.1, 0.15) is 0 Å². The second kappa shape index (κ2) is 6.40. The van der Waals surface area contributed by atoms with Gasteiger partial charge in [0.15, 0.2) is 6.04 Å². The molecule has 0 spiro atoms. The number of carbonyl (C=O) groups is 2. The van der Waals surface area contributed by atoms with Gasteiger partial charge in [-0.05, 0) is 31.5 Å². The molecule has 1 rings (SSSR count). The van der Waals surface area contributed by atoms with Gasteiger partial charge in [-0.3, -0.25) is 0 Å². The van der Waals surface area contributed by atoms with Gasteiger partial charge in [0.25, 0.3) is 0 Å². The van der Waals surface area contributed by atoms with Crippen LogP contribution in [-0.4, -0.2) is 34.4 Å². The molecule has 1 aromatic rings. The predicted molar refractivity (Wildman–Crippen MR) is 71.4 cm³/mol. The minimum absolute atomic E-state index is 0.472. The number of nitrogens with one attached hydrogen (secondary N) is 2. The maximum Gasteiger partial charge on any atom is 0.328 e. The Bertz CT molecular complexity index is 491. The van der Waals surface area contributed by atoms with Crippen LogP contribution in [0.1, 0.15) is 12.5 Å². The molecule has 104 valence electrons. The number of hydrogen-bond donors (Lipinski definition) is 4. The zero-order valence-corrected chi connectivity index (χ0v) is 11.2. The van der Waals surface area contributed by atoms with E-state index in [1.165, 1.54) is 6.92 Å². The topological polar surface area (TPSA) is 98.7 Å². The van der Waals surface area contributed by atoms with Crippen molar-refractivity contribution < 1.29 is 19.8 Å². The highest BCUT2D eigenvalue weighted by molar-refractivity contribution is 6.31. The number of aliphatic hydroxyl groups excluding tert-OH is 1. The Morgan fingerprint density at radius 2 is 2.00 bits per heavy atom. The highest BCUT2D eigenvalue weighted by Crippen LogP contribution is 2.22. The Balaban J connectivity index is 2.75. The van der Waals surface area contributed by atoms with Gasteiger partial charge in [-0.2, -0.15) is 0 Å². The Kier molecular flexibility index (Phi) is 5.14. The lowest BCUT2D eigenvalue weighted by Gasteiger charge is -2.18. The Morgan fingerprint density at radius 1 is 1.37 bits per heavy atom. The zero-order valence-electron chi connectivity index (χ0n) is 10.5. The fourth-order valence-corrected chi connectivity index (χ4v) is 1.61. The molecule has 1 aromatic carbocycles. The molecule has 0 aliphatic carbocycles. The number of rotatable bonds is 4. The van der Waals surface area contributed by atoms with Crippen molar-refractivity contribution in [1.82, 2.24) is 5.32 Å². The molecule has 0 saturated heterocycles. The Labute approximate surface area is 115 Å². The maximum absolute atomic E-state index is 11.7. The number of aliphatic hydroxyl groups is 1. The van der Waals surface area contributed by atoms with E-state index in [0.29, 0.717) is 16.3 Å². The van der Waals surface area contributed by atoms with Crippen LogP contribution in [-0.2, 0) is 4.79 Å². The average molecular weight is 287 g/mol. The average Bonchev–Trinajstić information content (AvgIpc) is 2.31. The fraction of sp³-hybridized carbons (Fsp3) is 0.333. The van der Waals surface area contributed by atoms with Crippen LogP contribution in [0.15, 0.2) is 18.2 Å². The van der Waals surface area contributed by atoms with Gasteiger partial charge in [0, 0.05) is 10.7 Å². The molecule has 2 amide bonds. The van der Waals surface area contributed by atoms with Gasteiger partial charge >= 0.3 is 12.0 Å². The maximum atomic E-state index is 11.7. The van der Waals surface area contributed by atoms with Crippen molar-refractivity contribution in [1.29, 1.82) is 0 Å². The molecule has 0 fully saturated rings. The molecular formula is C12H15ClN2O4. The van der Waals surface area contributed by atoms with E-state index in [2.05, 4.69) is 10.6 Å². The van der Waals surface area contributed by atoms with Crippen molar-refractivity contribution in [3.8, 4) is 0 Å². The lowest BCUT2D eigenvalue weighted by Crippen LogP contribution is -2.49. The Hall–Kier alpha value is -1.79. The van der Waals surface area contributed by atoms with E-state index in [9.17, 15) is 14.7 Å². The molecule has 0 aliphatic rings. The number of aliphatic carboxylic acids is 1. The highest BCUT2D eigenvalue weighted by Gasteiger charge is 2.25. The van der Waals surface area contributed by atoms with E-state index >= 15 is 0 Å². The summed E-state index contributed by atoms with van der Waals surface area (Å²) in [6.45, 7) is 3.00. The van der Waals surface area contributed by atoms with Crippen molar-refractivity contribution in [2.45, 2.75) is 26.0 Å². The van der Waals surface area contributed by atoms with Crippen LogP contribution < -0.4 is 10.6 Å². The van der Waals surface area contributed by atoms with E-state index in [1.54, 1.807) is 25.1 Å². The lowest BCUT2D eigenvalue weighted by molar-refractivity contribution is -0.141. The second-order valence-electron chi connectivity index (χ2n) is 4.07. The van der Waals surface area contributed by atoms with Gasteiger partial charge in [-0.25, -0.2) is 9.59 Å². The van der Waals surface area contributed by atoms with Crippen molar-refractivity contribution in [3.05, 3.63) is 28.8 Å². The molecule has 4 N–H and O–H groups in total. The number of carbonyl (C=O) groups excluding carboxylic acids is 1. The molecule has 7 heteroatoms. The first-order valence-corrected chi connectivity index (χ1v) is 5.94. The molecule has 19 heavy (non-hydrogen) atoms. The molecule has 0 aliphatic heterocycles. The van der Waals surface area contributed by atoms with Gasteiger partial charge in [-0.15, -0.1) is 0 Å². The van der Waals surface area contributed by atoms with E-state index in [4.69, 9.17) is 16.7 Å².